The Labute approximate surface area is 105 Å². The number of carbonyl (C=O) groups is 2. The van der Waals surface area contributed by atoms with E-state index in [-0.39, 0.29) is 18.4 Å². The third-order valence-electron chi connectivity index (χ3n) is 2.73. The van der Waals surface area contributed by atoms with E-state index in [9.17, 15) is 9.59 Å². The molecule has 0 radical (unpaired) electrons. The van der Waals surface area contributed by atoms with Gasteiger partial charge >= 0.3 is 0 Å². The minimum atomic E-state index is -0.234. The van der Waals surface area contributed by atoms with E-state index in [1.165, 1.54) is 10.4 Å². The minimum Gasteiger partial charge on any atom is -0.270 e. The summed E-state index contributed by atoms with van der Waals surface area (Å²) in [5.41, 5.74) is 3.25. The molecule has 17 heavy (non-hydrogen) atoms. The lowest BCUT2D eigenvalue weighted by molar-refractivity contribution is -0.136. The van der Waals surface area contributed by atoms with E-state index in [0.29, 0.717) is 17.6 Å². The molecule has 2 rings (SSSR count). The zero-order chi connectivity index (χ0) is 12.4. The molecule has 0 aromatic heterocycles. The van der Waals surface area contributed by atoms with Crippen molar-refractivity contribution in [3.8, 4) is 0 Å². The Morgan fingerprint density at radius 2 is 2.18 bits per heavy atom. The molecule has 0 unspecified atom stereocenters. The van der Waals surface area contributed by atoms with Gasteiger partial charge in [-0.15, -0.1) is 0 Å². The predicted octanol–water partition coefficient (Wildman–Crippen LogP) is 2.31. The zero-order valence-corrected chi connectivity index (χ0v) is 10.2. The van der Waals surface area contributed by atoms with Crippen molar-refractivity contribution in [2.24, 2.45) is 0 Å². The van der Waals surface area contributed by atoms with Crippen LogP contribution in [0, 0.1) is 0 Å². The van der Waals surface area contributed by atoms with Crippen LogP contribution in [0.25, 0.3) is 0 Å². The topological polar surface area (TPSA) is 37.4 Å². The van der Waals surface area contributed by atoms with Crippen molar-refractivity contribution in [3.63, 3.8) is 0 Å². The van der Waals surface area contributed by atoms with Crippen molar-refractivity contribution in [3.05, 3.63) is 46.6 Å². The van der Waals surface area contributed by atoms with Crippen molar-refractivity contribution in [1.82, 2.24) is 4.90 Å². The lowest BCUT2D eigenvalue weighted by atomic mass is 10.1. The molecular formula is C13H12ClNO2. The first-order valence-corrected chi connectivity index (χ1v) is 5.77. The van der Waals surface area contributed by atoms with Gasteiger partial charge in [0.15, 0.2) is 0 Å². The molecule has 0 saturated heterocycles. The van der Waals surface area contributed by atoms with Gasteiger partial charge in [0, 0.05) is 16.7 Å². The van der Waals surface area contributed by atoms with Crippen LogP contribution in [0.1, 0.15) is 13.3 Å². The van der Waals surface area contributed by atoms with E-state index < -0.39 is 0 Å². The standard InChI is InChI=1S/C13H12ClNO2/c1-9(7-14)8-15-12(16)10-5-3-2-4-6-11(10)13(15)17/h2-5,7H,6,8H2,1H3/b9-7-. The Morgan fingerprint density at radius 1 is 1.41 bits per heavy atom. The Bertz CT molecular complexity index is 498. The highest BCUT2D eigenvalue weighted by atomic mass is 35.5. The van der Waals surface area contributed by atoms with Gasteiger partial charge in [-0.1, -0.05) is 29.8 Å². The first kappa shape index (κ1) is 11.9. The van der Waals surface area contributed by atoms with Gasteiger partial charge in [-0.2, -0.15) is 0 Å². The highest BCUT2D eigenvalue weighted by molar-refractivity contribution is 6.26. The smallest absolute Gasteiger partial charge is 0.261 e. The monoisotopic (exact) mass is 249 g/mol. The second-order valence-corrected chi connectivity index (χ2v) is 4.25. The molecule has 2 amide bonds. The quantitative estimate of drug-likeness (QED) is 0.705. The predicted molar refractivity (Wildman–Crippen MR) is 66.3 cm³/mol. The summed E-state index contributed by atoms with van der Waals surface area (Å²) < 4.78 is 0. The third kappa shape index (κ3) is 2.11. The number of hydrogen-bond acceptors (Lipinski definition) is 2. The lowest BCUT2D eigenvalue weighted by Gasteiger charge is -2.14. The Morgan fingerprint density at radius 3 is 2.88 bits per heavy atom. The van der Waals surface area contributed by atoms with Crippen molar-refractivity contribution in [1.29, 1.82) is 0 Å². The van der Waals surface area contributed by atoms with Gasteiger partial charge < -0.3 is 0 Å². The van der Waals surface area contributed by atoms with Crippen molar-refractivity contribution < 1.29 is 9.59 Å². The number of nitrogens with zero attached hydrogens (tertiary/aromatic N) is 1. The Hall–Kier alpha value is -1.61. The minimum absolute atomic E-state index is 0.209. The van der Waals surface area contributed by atoms with Gasteiger partial charge in [0.25, 0.3) is 11.8 Å². The first-order valence-electron chi connectivity index (χ1n) is 5.33. The van der Waals surface area contributed by atoms with Crippen LogP contribution in [0.2, 0.25) is 0 Å². The van der Waals surface area contributed by atoms with Crippen LogP contribution in [-0.4, -0.2) is 23.3 Å². The van der Waals surface area contributed by atoms with Crippen LogP contribution < -0.4 is 0 Å². The van der Waals surface area contributed by atoms with Crippen molar-refractivity contribution in [2.45, 2.75) is 13.3 Å². The van der Waals surface area contributed by atoms with Crippen LogP contribution in [0.3, 0.4) is 0 Å². The Balaban J connectivity index is 2.29. The SMILES string of the molecule is C/C(=C/Cl)CN1C(=O)C2=C(CC=CC=C2)C1=O. The number of allylic oxidation sites excluding steroid dienone is 3. The van der Waals surface area contributed by atoms with Crippen LogP contribution in [0.15, 0.2) is 46.6 Å². The van der Waals surface area contributed by atoms with E-state index >= 15 is 0 Å². The van der Waals surface area contributed by atoms with Crippen molar-refractivity contribution in [2.75, 3.05) is 6.54 Å². The van der Waals surface area contributed by atoms with E-state index in [1.54, 1.807) is 19.1 Å². The number of amides is 2. The molecule has 1 heterocycles. The van der Waals surface area contributed by atoms with Crippen LogP contribution in [0.4, 0.5) is 0 Å². The number of halogens is 1. The lowest BCUT2D eigenvalue weighted by Crippen LogP contribution is -2.33. The average molecular weight is 250 g/mol. The summed E-state index contributed by atoms with van der Waals surface area (Å²) in [6.45, 7) is 2.04. The Kier molecular flexibility index (Phi) is 3.29. The molecule has 88 valence electrons. The summed E-state index contributed by atoms with van der Waals surface area (Å²) in [5, 5.41) is 0. The maximum absolute atomic E-state index is 12.1. The summed E-state index contributed by atoms with van der Waals surface area (Å²) in [6.07, 6.45) is 7.69. The van der Waals surface area contributed by atoms with Gasteiger partial charge in [-0.05, 0) is 25.0 Å². The molecular weight excluding hydrogens is 238 g/mol. The highest BCUT2D eigenvalue weighted by Gasteiger charge is 2.36. The van der Waals surface area contributed by atoms with Crippen LogP contribution in [-0.2, 0) is 9.59 Å². The average Bonchev–Trinajstić information content (AvgIpc) is 2.55. The van der Waals surface area contributed by atoms with Crippen molar-refractivity contribution >= 4 is 23.4 Å². The summed E-state index contributed by atoms with van der Waals surface area (Å²) >= 11 is 5.55. The summed E-state index contributed by atoms with van der Waals surface area (Å²) in [4.78, 5) is 25.4. The summed E-state index contributed by atoms with van der Waals surface area (Å²) in [7, 11) is 0. The van der Waals surface area contributed by atoms with Crippen LogP contribution in [0.5, 0.6) is 0 Å². The third-order valence-corrected chi connectivity index (χ3v) is 3.10. The van der Waals surface area contributed by atoms with Crippen LogP contribution >= 0.6 is 11.6 Å². The molecule has 0 aromatic carbocycles. The molecule has 2 aliphatic rings. The van der Waals surface area contributed by atoms with E-state index in [4.69, 9.17) is 11.6 Å². The fourth-order valence-electron chi connectivity index (χ4n) is 1.86. The molecule has 1 aliphatic heterocycles. The van der Waals surface area contributed by atoms with Gasteiger partial charge in [0.05, 0.1) is 6.54 Å². The summed E-state index contributed by atoms with van der Waals surface area (Å²) in [5.74, 6) is -0.443. The molecule has 0 atom stereocenters. The van der Waals surface area contributed by atoms with E-state index in [0.717, 1.165) is 5.57 Å². The highest BCUT2D eigenvalue weighted by Crippen LogP contribution is 2.27. The largest absolute Gasteiger partial charge is 0.270 e. The second-order valence-electron chi connectivity index (χ2n) is 4.04. The molecule has 0 fully saturated rings. The molecule has 0 aromatic rings. The van der Waals surface area contributed by atoms with Gasteiger partial charge in [-0.25, -0.2) is 0 Å². The maximum Gasteiger partial charge on any atom is 0.261 e. The van der Waals surface area contributed by atoms with Gasteiger partial charge in [0.2, 0.25) is 0 Å². The number of imide groups is 1. The fraction of sp³-hybridized carbons (Fsp3) is 0.231. The molecule has 3 nitrogen and oxygen atoms in total. The first-order chi connectivity index (χ1) is 8.15. The number of carbonyl (C=O) groups excluding carboxylic acids is 2. The molecule has 1 aliphatic carbocycles. The molecule has 0 bridgehead atoms. The normalized spacial score (nSPS) is 20.1. The molecule has 0 saturated carbocycles. The van der Waals surface area contributed by atoms with Gasteiger partial charge in [0.1, 0.15) is 0 Å². The summed E-state index contributed by atoms with van der Waals surface area (Å²) in [6, 6.07) is 0. The van der Waals surface area contributed by atoms with Gasteiger partial charge in [-0.3, -0.25) is 14.5 Å². The van der Waals surface area contributed by atoms with E-state index in [2.05, 4.69) is 0 Å². The maximum atomic E-state index is 12.1. The van der Waals surface area contributed by atoms with E-state index in [1.807, 2.05) is 12.2 Å². The molecule has 0 spiro atoms. The number of hydrogen-bond donors (Lipinski definition) is 0. The molecule has 0 N–H and O–H groups in total. The number of rotatable bonds is 2. The second kappa shape index (κ2) is 4.72. The zero-order valence-electron chi connectivity index (χ0n) is 9.44. The fourth-order valence-corrected chi connectivity index (χ4v) is 1.93. The molecule has 4 heteroatoms.